The van der Waals surface area contributed by atoms with Gasteiger partial charge in [0.15, 0.2) is 11.6 Å². The van der Waals surface area contributed by atoms with E-state index in [0.717, 1.165) is 49.4 Å². The number of aromatic nitrogens is 4. The van der Waals surface area contributed by atoms with E-state index in [4.69, 9.17) is 0 Å². The smallest absolute Gasteiger partial charge is 0.255 e. The predicted molar refractivity (Wildman–Crippen MR) is 160 cm³/mol. The Labute approximate surface area is 239 Å². The van der Waals surface area contributed by atoms with Crippen LogP contribution in [0, 0.1) is 11.6 Å². The Morgan fingerprint density at radius 2 is 1.78 bits per heavy atom. The molecule has 7 nitrogen and oxygen atoms in total. The number of nitrogens with one attached hydrogen (secondary N) is 2. The minimum atomic E-state index is -0.952. The molecule has 208 valence electrons. The van der Waals surface area contributed by atoms with Crippen LogP contribution in [0.2, 0.25) is 0 Å². The van der Waals surface area contributed by atoms with Gasteiger partial charge < -0.3 is 15.2 Å². The van der Waals surface area contributed by atoms with Crippen molar-refractivity contribution in [1.29, 1.82) is 0 Å². The molecule has 6 aromatic rings. The molecule has 4 aromatic heterocycles. The molecular formula is C31H28F2N6OS. The number of amides is 1. The molecule has 0 atom stereocenters. The van der Waals surface area contributed by atoms with Crippen molar-refractivity contribution in [3.05, 3.63) is 107 Å². The van der Waals surface area contributed by atoms with E-state index in [0.29, 0.717) is 23.5 Å². The van der Waals surface area contributed by atoms with Crippen molar-refractivity contribution >= 4 is 45.0 Å². The van der Waals surface area contributed by atoms with E-state index in [2.05, 4.69) is 43.8 Å². The average molecular weight is 571 g/mol. The van der Waals surface area contributed by atoms with Crippen LogP contribution in [0.15, 0.2) is 79.4 Å². The number of carbonyl (C=O) groups excluding carboxylic acids is 1. The van der Waals surface area contributed by atoms with Gasteiger partial charge >= 0.3 is 0 Å². The van der Waals surface area contributed by atoms with Crippen LogP contribution in [0.5, 0.6) is 0 Å². The van der Waals surface area contributed by atoms with Gasteiger partial charge in [0.2, 0.25) is 0 Å². The number of pyridine rings is 2. The second kappa shape index (κ2) is 12.2. The summed E-state index contributed by atoms with van der Waals surface area (Å²) in [5.41, 5.74) is 4.73. The number of carbonyl (C=O) groups is 1. The lowest BCUT2D eigenvalue weighted by molar-refractivity contribution is 0.0951. The van der Waals surface area contributed by atoms with Crippen molar-refractivity contribution in [2.75, 3.05) is 5.32 Å². The molecule has 0 unspecified atom stereocenters. The highest BCUT2D eigenvalue weighted by atomic mass is 32.1. The largest absolute Gasteiger partial charge is 0.365 e. The van der Waals surface area contributed by atoms with Crippen molar-refractivity contribution in [2.24, 2.45) is 7.05 Å². The first-order valence-corrected chi connectivity index (χ1v) is 14.0. The molecule has 10 heteroatoms. The van der Waals surface area contributed by atoms with E-state index in [-0.39, 0.29) is 12.5 Å². The van der Waals surface area contributed by atoms with E-state index < -0.39 is 11.6 Å². The molecule has 0 fully saturated rings. The maximum atomic E-state index is 13.5. The van der Waals surface area contributed by atoms with E-state index in [1.807, 2.05) is 37.6 Å². The number of rotatable bonds is 7. The van der Waals surface area contributed by atoms with Crippen LogP contribution in [0.4, 0.5) is 14.6 Å². The Kier molecular flexibility index (Phi) is 8.30. The third kappa shape index (κ3) is 5.92. The molecule has 0 aliphatic rings. The molecule has 41 heavy (non-hydrogen) atoms. The zero-order chi connectivity index (χ0) is 28.9. The molecule has 0 bridgehead atoms. The lowest BCUT2D eigenvalue weighted by atomic mass is 10.1. The van der Waals surface area contributed by atoms with Gasteiger partial charge in [0.25, 0.3) is 5.91 Å². The van der Waals surface area contributed by atoms with Crippen LogP contribution < -0.4 is 10.6 Å². The first-order chi connectivity index (χ1) is 20.0. The maximum absolute atomic E-state index is 13.5. The number of benzene rings is 2. The highest BCUT2D eigenvalue weighted by Crippen LogP contribution is 2.32. The number of hydrogen-bond acceptors (Lipinski definition) is 6. The molecule has 2 aromatic carbocycles. The summed E-state index contributed by atoms with van der Waals surface area (Å²) in [4.78, 5) is 28.3. The van der Waals surface area contributed by atoms with Crippen molar-refractivity contribution in [3.63, 3.8) is 0 Å². The van der Waals surface area contributed by atoms with E-state index in [9.17, 15) is 13.6 Å². The van der Waals surface area contributed by atoms with Crippen LogP contribution >= 0.6 is 11.3 Å². The number of anilines is 1. The minimum Gasteiger partial charge on any atom is -0.365 e. The highest BCUT2D eigenvalue weighted by Gasteiger charge is 2.14. The van der Waals surface area contributed by atoms with Crippen molar-refractivity contribution in [1.82, 2.24) is 24.8 Å². The SMILES string of the molecule is CC.Cn1cnc2cnc3ccc(-c4ccc(CNc5ncccc5C(=O)NCc5ccc(F)c(F)c5)s4)cc3c21. The van der Waals surface area contributed by atoms with E-state index in [1.54, 1.807) is 42.2 Å². The first kappa shape index (κ1) is 27.9. The number of nitrogens with zero attached hydrogens (tertiary/aromatic N) is 4. The maximum Gasteiger partial charge on any atom is 0.255 e. The fourth-order valence-electron chi connectivity index (χ4n) is 4.45. The molecular weight excluding hydrogens is 542 g/mol. The van der Waals surface area contributed by atoms with Gasteiger partial charge in [0, 0.05) is 34.9 Å². The minimum absolute atomic E-state index is 0.0606. The summed E-state index contributed by atoms with van der Waals surface area (Å²) >= 11 is 1.65. The Balaban J connectivity index is 0.00000165. The topological polar surface area (TPSA) is 84.7 Å². The second-order valence-corrected chi connectivity index (χ2v) is 10.2. The first-order valence-electron chi connectivity index (χ1n) is 13.2. The number of thiophene rings is 1. The van der Waals surface area contributed by atoms with Gasteiger partial charge in [-0.3, -0.25) is 9.78 Å². The Bertz CT molecular complexity index is 1850. The van der Waals surface area contributed by atoms with Crippen molar-refractivity contribution in [3.8, 4) is 10.4 Å². The van der Waals surface area contributed by atoms with Gasteiger partial charge in [-0.1, -0.05) is 26.0 Å². The number of halogens is 2. The summed E-state index contributed by atoms with van der Waals surface area (Å²) in [6.07, 6.45) is 5.19. The van der Waals surface area contributed by atoms with Gasteiger partial charge in [-0.05, 0) is 59.7 Å². The van der Waals surface area contributed by atoms with Gasteiger partial charge in [-0.15, -0.1) is 11.3 Å². The van der Waals surface area contributed by atoms with Crippen LogP contribution in [-0.2, 0) is 20.1 Å². The molecule has 0 aliphatic heterocycles. The molecule has 0 aliphatic carbocycles. The predicted octanol–water partition coefficient (Wildman–Crippen LogP) is 7.09. The molecule has 1 amide bonds. The molecule has 2 N–H and O–H groups in total. The summed E-state index contributed by atoms with van der Waals surface area (Å²) in [6.45, 7) is 4.54. The molecule has 0 spiro atoms. The fourth-order valence-corrected chi connectivity index (χ4v) is 5.39. The van der Waals surface area contributed by atoms with Gasteiger partial charge in [-0.2, -0.15) is 0 Å². The monoisotopic (exact) mass is 570 g/mol. The number of aryl methyl sites for hydroxylation is 1. The van der Waals surface area contributed by atoms with Gasteiger partial charge in [0.05, 0.1) is 35.7 Å². The van der Waals surface area contributed by atoms with E-state index in [1.165, 1.54) is 6.07 Å². The fraction of sp³-hybridized carbons (Fsp3) is 0.161. The molecule has 0 saturated heterocycles. The van der Waals surface area contributed by atoms with Crippen LogP contribution in [-0.4, -0.2) is 25.4 Å². The summed E-state index contributed by atoms with van der Waals surface area (Å²) in [5.74, 6) is -1.81. The van der Waals surface area contributed by atoms with E-state index >= 15 is 0 Å². The van der Waals surface area contributed by atoms with Crippen LogP contribution in [0.3, 0.4) is 0 Å². The van der Waals surface area contributed by atoms with Gasteiger partial charge in [0.1, 0.15) is 11.3 Å². The van der Waals surface area contributed by atoms with Crippen molar-refractivity contribution < 1.29 is 13.6 Å². The molecule has 0 radical (unpaired) electrons. The Morgan fingerprint density at radius 1 is 0.927 bits per heavy atom. The molecule has 0 saturated carbocycles. The lowest BCUT2D eigenvalue weighted by Gasteiger charge is -2.11. The zero-order valence-corrected chi connectivity index (χ0v) is 23.6. The average Bonchev–Trinajstić information content (AvgIpc) is 3.64. The normalized spacial score (nSPS) is 10.9. The number of hydrogen-bond donors (Lipinski definition) is 2. The number of fused-ring (bicyclic) bond motifs is 3. The molecule has 4 heterocycles. The zero-order valence-electron chi connectivity index (χ0n) is 22.8. The summed E-state index contributed by atoms with van der Waals surface area (Å²) in [5, 5.41) is 7.04. The summed E-state index contributed by atoms with van der Waals surface area (Å²) in [6, 6.07) is 17.2. The standard InChI is InChI=1S/C29H22F2N6OS.C2H6/c1-37-16-36-25-15-33-24-8-5-18(12-21(24)27(25)37)26-9-6-19(39-26)14-34-28-20(3-2-10-32-28)29(38)35-13-17-4-7-22(30)23(31)11-17;1-2/h2-12,15-16H,13-14H2,1H3,(H,32,34)(H,35,38);1-2H3. The number of imidazole rings is 1. The Morgan fingerprint density at radius 3 is 2.61 bits per heavy atom. The Hall–Kier alpha value is -4.70. The highest BCUT2D eigenvalue weighted by molar-refractivity contribution is 7.15. The van der Waals surface area contributed by atoms with Crippen LogP contribution in [0.25, 0.3) is 32.4 Å². The van der Waals surface area contributed by atoms with Crippen molar-refractivity contribution in [2.45, 2.75) is 26.9 Å². The summed E-state index contributed by atoms with van der Waals surface area (Å²) < 4.78 is 28.7. The van der Waals surface area contributed by atoms with Crippen LogP contribution in [0.1, 0.15) is 34.6 Å². The quantitative estimate of drug-likeness (QED) is 0.214. The molecule has 6 rings (SSSR count). The lowest BCUT2D eigenvalue weighted by Crippen LogP contribution is -2.24. The van der Waals surface area contributed by atoms with Gasteiger partial charge in [-0.25, -0.2) is 18.7 Å². The summed E-state index contributed by atoms with van der Waals surface area (Å²) in [7, 11) is 1.98. The third-order valence-corrected chi connectivity index (χ3v) is 7.54. The second-order valence-electron chi connectivity index (χ2n) is 9.03. The third-order valence-electron chi connectivity index (χ3n) is 6.41.